The Morgan fingerprint density at radius 3 is 2.62 bits per heavy atom. The molecule has 1 aliphatic carbocycles. The Kier molecular flexibility index (Phi) is 4.37. The molecule has 116 valence electrons. The summed E-state index contributed by atoms with van der Waals surface area (Å²) in [5, 5.41) is 3.66. The molecule has 1 saturated heterocycles. The molecule has 1 saturated carbocycles. The summed E-state index contributed by atoms with van der Waals surface area (Å²) in [5.74, 6) is 0. The Hall–Kier alpha value is -0.860. The fraction of sp³-hybridized carbons (Fsp3) is 0.684. The standard InChI is InChI=1S/C19H30N2/c1-15-7-8-18(16(2)13-15)17(3)21-12-11-20-14-19(21)9-5-4-6-10-19/h7-8,13,17,20H,4-6,9-12,14H2,1-3H3. The van der Waals surface area contributed by atoms with Crippen molar-refractivity contribution >= 4 is 0 Å². The molecule has 2 aliphatic rings. The Bertz CT molecular complexity index is 480. The lowest BCUT2D eigenvalue weighted by Gasteiger charge is -2.52. The maximum absolute atomic E-state index is 3.66. The van der Waals surface area contributed by atoms with E-state index in [1.165, 1.54) is 61.9 Å². The highest BCUT2D eigenvalue weighted by Gasteiger charge is 2.42. The average Bonchev–Trinajstić information content (AvgIpc) is 2.48. The first-order chi connectivity index (χ1) is 10.1. The summed E-state index contributed by atoms with van der Waals surface area (Å²) >= 11 is 0. The summed E-state index contributed by atoms with van der Waals surface area (Å²) in [5.41, 5.74) is 4.75. The summed E-state index contributed by atoms with van der Waals surface area (Å²) in [6.45, 7) is 10.4. The highest BCUT2D eigenvalue weighted by atomic mass is 15.3. The number of piperazine rings is 1. The maximum Gasteiger partial charge on any atom is 0.0340 e. The first-order valence-corrected chi connectivity index (χ1v) is 8.67. The summed E-state index contributed by atoms with van der Waals surface area (Å²) in [6.07, 6.45) is 6.97. The number of rotatable bonds is 2. The Balaban J connectivity index is 1.88. The second-order valence-corrected chi connectivity index (χ2v) is 7.19. The predicted molar refractivity (Wildman–Crippen MR) is 89.7 cm³/mol. The van der Waals surface area contributed by atoms with Crippen LogP contribution in [-0.4, -0.2) is 30.1 Å². The van der Waals surface area contributed by atoms with Crippen molar-refractivity contribution in [3.63, 3.8) is 0 Å². The van der Waals surface area contributed by atoms with E-state index >= 15 is 0 Å². The van der Waals surface area contributed by atoms with Gasteiger partial charge in [0.05, 0.1) is 0 Å². The molecule has 0 amide bonds. The number of aryl methyl sites for hydroxylation is 2. The number of nitrogens with one attached hydrogen (secondary N) is 1. The third-order valence-corrected chi connectivity index (χ3v) is 5.72. The van der Waals surface area contributed by atoms with E-state index in [0.29, 0.717) is 11.6 Å². The molecule has 1 unspecified atom stereocenters. The topological polar surface area (TPSA) is 15.3 Å². The summed E-state index contributed by atoms with van der Waals surface area (Å²) in [7, 11) is 0. The molecular formula is C19H30N2. The molecule has 1 N–H and O–H groups in total. The van der Waals surface area contributed by atoms with Gasteiger partial charge in [-0.05, 0) is 44.7 Å². The zero-order valence-corrected chi connectivity index (χ0v) is 13.9. The summed E-state index contributed by atoms with van der Waals surface area (Å²) in [4.78, 5) is 2.82. The minimum absolute atomic E-state index is 0.410. The van der Waals surface area contributed by atoms with Crippen molar-refractivity contribution in [2.75, 3.05) is 19.6 Å². The molecule has 0 bridgehead atoms. The number of benzene rings is 1. The lowest BCUT2D eigenvalue weighted by molar-refractivity contribution is -0.00295. The highest BCUT2D eigenvalue weighted by molar-refractivity contribution is 5.33. The fourth-order valence-corrected chi connectivity index (χ4v) is 4.60. The Morgan fingerprint density at radius 2 is 1.90 bits per heavy atom. The van der Waals surface area contributed by atoms with Gasteiger partial charge in [-0.25, -0.2) is 0 Å². The van der Waals surface area contributed by atoms with Crippen molar-refractivity contribution in [1.82, 2.24) is 10.2 Å². The van der Waals surface area contributed by atoms with E-state index in [-0.39, 0.29) is 0 Å². The third kappa shape index (κ3) is 2.89. The molecular weight excluding hydrogens is 256 g/mol. The van der Waals surface area contributed by atoms with Gasteiger partial charge >= 0.3 is 0 Å². The fourth-order valence-electron chi connectivity index (χ4n) is 4.60. The van der Waals surface area contributed by atoms with Crippen LogP contribution >= 0.6 is 0 Å². The van der Waals surface area contributed by atoms with Gasteiger partial charge in [0.2, 0.25) is 0 Å². The number of hydrogen-bond acceptors (Lipinski definition) is 2. The number of hydrogen-bond donors (Lipinski definition) is 1. The molecule has 2 nitrogen and oxygen atoms in total. The van der Waals surface area contributed by atoms with Gasteiger partial charge in [-0.1, -0.05) is 43.0 Å². The first-order valence-electron chi connectivity index (χ1n) is 8.67. The van der Waals surface area contributed by atoms with Crippen molar-refractivity contribution in [3.05, 3.63) is 34.9 Å². The van der Waals surface area contributed by atoms with Crippen LogP contribution in [0.15, 0.2) is 18.2 Å². The van der Waals surface area contributed by atoms with Gasteiger partial charge < -0.3 is 5.32 Å². The van der Waals surface area contributed by atoms with Gasteiger partial charge in [0.1, 0.15) is 0 Å². The van der Waals surface area contributed by atoms with Crippen LogP contribution in [-0.2, 0) is 0 Å². The molecule has 1 atom stereocenters. The van der Waals surface area contributed by atoms with E-state index in [1.807, 2.05) is 0 Å². The molecule has 1 heterocycles. The van der Waals surface area contributed by atoms with E-state index in [1.54, 1.807) is 0 Å². The molecule has 1 spiro atoms. The van der Waals surface area contributed by atoms with E-state index in [9.17, 15) is 0 Å². The molecule has 1 aromatic carbocycles. The minimum Gasteiger partial charge on any atom is -0.314 e. The Morgan fingerprint density at radius 1 is 1.14 bits per heavy atom. The van der Waals surface area contributed by atoms with Crippen LogP contribution in [0.5, 0.6) is 0 Å². The van der Waals surface area contributed by atoms with Gasteiger partial charge in [0.15, 0.2) is 0 Å². The van der Waals surface area contributed by atoms with Crippen LogP contribution in [0.2, 0.25) is 0 Å². The van der Waals surface area contributed by atoms with E-state index in [2.05, 4.69) is 49.2 Å². The molecule has 1 aromatic rings. The van der Waals surface area contributed by atoms with Crippen molar-refractivity contribution < 1.29 is 0 Å². The van der Waals surface area contributed by atoms with Crippen LogP contribution in [0, 0.1) is 13.8 Å². The Labute approximate surface area is 129 Å². The normalized spacial score (nSPS) is 24.1. The van der Waals surface area contributed by atoms with Crippen LogP contribution in [0.25, 0.3) is 0 Å². The van der Waals surface area contributed by atoms with Gasteiger partial charge in [-0.2, -0.15) is 0 Å². The monoisotopic (exact) mass is 286 g/mol. The smallest absolute Gasteiger partial charge is 0.0340 e. The molecule has 21 heavy (non-hydrogen) atoms. The third-order valence-electron chi connectivity index (χ3n) is 5.72. The first kappa shape index (κ1) is 15.1. The van der Waals surface area contributed by atoms with Crippen LogP contribution in [0.1, 0.15) is 61.8 Å². The van der Waals surface area contributed by atoms with Crippen molar-refractivity contribution in [2.45, 2.75) is 64.5 Å². The van der Waals surface area contributed by atoms with Crippen molar-refractivity contribution in [1.29, 1.82) is 0 Å². The zero-order valence-electron chi connectivity index (χ0n) is 13.9. The summed E-state index contributed by atoms with van der Waals surface area (Å²) < 4.78 is 0. The maximum atomic E-state index is 3.66. The molecule has 1 aliphatic heterocycles. The van der Waals surface area contributed by atoms with Gasteiger partial charge in [0.25, 0.3) is 0 Å². The van der Waals surface area contributed by atoms with E-state index in [0.717, 1.165) is 6.54 Å². The van der Waals surface area contributed by atoms with Gasteiger partial charge in [0, 0.05) is 31.2 Å². The minimum atomic E-state index is 0.410. The van der Waals surface area contributed by atoms with Crippen molar-refractivity contribution in [3.8, 4) is 0 Å². The molecule has 0 aromatic heterocycles. The highest BCUT2D eigenvalue weighted by Crippen LogP contribution is 2.40. The second kappa shape index (κ2) is 6.10. The van der Waals surface area contributed by atoms with Gasteiger partial charge in [-0.15, -0.1) is 0 Å². The van der Waals surface area contributed by atoms with E-state index < -0.39 is 0 Å². The summed E-state index contributed by atoms with van der Waals surface area (Å²) in [6, 6.07) is 7.50. The molecule has 3 rings (SSSR count). The molecule has 0 radical (unpaired) electrons. The number of nitrogens with zero attached hydrogens (tertiary/aromatic N) is 1. The lowest BCUT2D eigenvalue weighted by Crippen LogP contribution is -2.62. The molecule has 2 heteroatoms. The zero-order chi connectivity index (χ0) is 14.9. The SMILES string of the molecule is Cc1ccc(C(C)N2CCNCC23CCCCC3)c(C)c1. The average molecular weight is 286 g/mol. The lowest BCUT2D eigenvalue weighted by atomic mass is 9.77. The quantitative estimate of drug-likeness (QED) is 0.885. The van der Waals surface area contributed by atoms with Crippen molar-refractivity contribution in [2.24, 2.45) is 0 Å². The predicted octanol–water partition coefficient (Wildman–Crippen LogP) is 3.97. The van der Waals surface area contributed by atoms with Crippen LogP contribution < -0.4 is 5.32 Å². The van der Waals surface area contributed by atoms with Crippen LogP contribution in [0.3, 0.4) is 0 Å². The largest absolute Gasteiger partial charge is 0.314 e. The van der Waals surface area contributed by atoms with Gasteiger partial charge in [-0.3, -0.25) is 4.90 Å². The second-order valence-electron chi connectivity index (χ2n) is 7.19. The van der Waals surface area contributed by atoms with E-state index in [4.69, 9.17) is 0 Å². The molecule has 2 fully saturated rings. The van der Waals surface area contributed by atoms with Crippen LogP contribution in [0.4, 0.5) is 0 Å².